The molecule has 0 radical (unpaired) electrons. The number of rotatable bonds is 9. The normalized spacial score (nSPS) is 14.7. The Hall–Kier alpha value is -3.70. The summed E-state index contributed by atoms with van der Waals surface area (Å²) in [6.45, 7) is 5.52. The highest BCUT2D eigenvalue weighted by molar-refractivity contribution is 7.10. The molecule has 0 N–H and O–H groups in total. The predicted molar refractivity (Wildman–Crippen MR) is 159 cm³/mol. The maximum Gasteiger partial charge on any atom is 0.242 e. The molecule has 2 amide bonds. The van der Waals surface area contributed by atoms with Crippen molar-refractivity contribution in [2.75, 3.05) is 19.6 Å². The first kappa shape index (κ1) is 26.9. The third kappa shape index (κ3) is 5.84. The van der Waals surface area contributed by atoms with Crippen LogP contribution < -0.4 is 0 Å². The lowest BCUT2D eigenvalue weighted by atomic mass is 9.89. The van der Waals surface area contributed by atoms with Gasteiger partial charge in [0.25, 0.3) is 0 Å². The molecule has 1 aliphatic heterocycles. The first-order chi connectivity index (χ1) is 19.1. The van der Waals surface area contributed by atoms with Gasteiger partial charge in [-0.3, -0.25) is 9.59 Å². The van der Waals surface area contributed by atoms with E-state index in [9.17, 15) is 9.59 Å². The summed E-state index contributed by atoms with van der Waals surface area (Å²) in [5.74, 6) is -0.464. The molecular weight excluding hydrogens is 500 g/mol. The van der Waals surface area contributed by atoms with Crippen LogP contribution in [0.4, 0.5) is 0 Å². The molecule has 4 aromatic rings. The molecule has 0 bridgehead atoms. The average Bonchev–Trinajstić information content (AvgIpc) is 3.45. The smallest absolute Gasteiger partial charge is 0.242 e. The zero-order valence-electron chi connectivity index (χ0n) is 22.8. The predicted octanol–water partition coefficient (Wildman–Crippen LogP) is 6.99. The largest absolute Gasteiger partial charge is 0.333 e. The van der Waals surface area contributed by atoms with Crippen molar-refractivity contribution in [2.24, 2.45) is 0 Å². The highest BCUT2D eigenvalue weighted by Crippen LogP contribution is 2.39. The van der Waals surface area contributed by atoms with E-state index in [1.165, 1.54) is 16.0 Å². The van der Waals surface area contributed by atoms with Crippen LogP contribution in [-0.2, 0) is 16.0 Å². The summed E-state index contributed by atoms with van der Waals surface area (Å²) in [4.78, 5) is 33.6. The Morgan fingerprint density at radius 3 is 2.18 bits per heavy atom. The van der Waals surface area contributed by atoms with Gasteiger partial charge in [0, 0.05) is 18.0 Å². The summed E-state index contributed by atoms with van der Waals surface area (Å²) in [7, 11) is 0. The monoisotopic (exact) mass is 536 g/mol. The zero-order valence-corrected chi connectivity index (χ0v) is 23.6. The van der Waals surface area contributed by atoms with E-state index in [2.05, 4.69) is 37.4 Å². The molecule has 39 heavy (non-hydrogen) atoms. The fourth-order valence-corrected chi connectivity index (χ4v) is 6.54. The quantitative estimate of drug-likeness (QED) is 0.231. The van der Waals surface area contributed by atoms with Crippen LogP contribution in [0, 0.1) is 6.92 Å². The molecule has 2 heterocycles. The number of carbonyl (C=O) groups is 2. The molecule has 1 aromatic heterocycles. The van der Waals surface area contributed by atoms with Crippen LogP contribution >= 0.6 is 11.3 Å². The Balaban J connectivity index is 1.47. The van der Waals surface area contributed by atoms with Crippen molar-refractivity contribution in [1.82, 2.24) is 9.80 Å². The molecule has 0 spiro atoms. The van der Waals surface area contributed by atoms with Gasteiger partial charge in [0.1, 0.15) is 0 Å². The molecule has 1 atom stereocenters. The molecule has 200 valence electrons. The minimum Gasteiger partial charge on any atom is -0.333 e. The van der Waals surface area contributed by atoms with E-state index in [-0.39, 0.29) is 24.4 Å². The number of nitrogens with zero attached hydrogens (tertiary/aromatic N) is 2. The third-order valence-corrected chi connectivity index (χ3v) is 8.70. The van der Waals surface area contributed by atoms with Crippen LogP contribution in [0.25, 0.3) is 0 Å². The second kappa shape index (κ2) is 12.4. The topological polar surface area (TPSA) is 40.6 Å². The standard InChI is InChI=1S/C34H36N2O2S/c1-3-4-21-35(34(38)32(26-14-7-5-8-15-26)27-16-9-6-10-17-27)24-31(37)36-22-19-30-29(20-23-39-30)33(36)28-18-12-11-13-25(28)2/h5-18,20,23,32-33H,3-4,19,21-22,24H2,1-2H3. The van der Waals surface area contributed by atoms with Gasteiger partial charge in [-0.1, -0.05) is 98.3 Å². The first-order valence-electron chi connectivity index (χ1n) is 13.9. The van der Waals surface area contributed by atoms with Gasteiger partial charge in [0.15, 0.2) is 0 Å². The number of hydrogen-bond acceptors (Lipinski definition) is 3. The highest BCUT2D eigenvalue weighted by atomic mass is 32.1. The van der Waals surface area contributed by atoms with E-state index < -0.39 is 5.92 Å². The van der Waals surface area contributed by atoms with Crippen molar-refractivity contribution in [2.45, 2.75) is 45.1 Å². The van der Waals surface area contributed by atoms with Crippen LogP contribution in [0.3, 0.4) is 0 Å². The molecule has 0 saturated carbocycles. The van der Waals surface area contributed by atoms with E-state index in [0.717, 1.165) is 36.0 Å². The third-order valence-electron chi connectivity index (χ3n) is 7.70. The van der Waals surface area contributed by atoms with Gasteiger partial charge in [0.2, 0.25) is 11.8 Å². The minimum absolute atomic E-state index is 0.00410. The number of amides is 2. The first-order valence-corrected chi connectivity index (χ1v) is 14.8. The number of aryl methyl sites for hydroxylation is 1. The molecule has 1 aliphatic rings. The van der Waals surface area contributed by atoms with E-state index in [4.69, 9.17) is 0 Å². The Morgan fingerprint density at radius 2 is 1.54 bits per heavy atom. The number of unbranched alkanes of at least 4 members (excludes halogenated alkanes) is 1. The summed E-state index contributed by atoms with van der Waals surface area (Å²) in [5, 5.41) is 2.13. The van der Waals surface area contributed by atoms with Gasteiger partial charge in [-0.2, -0.15) is 0 Å². The summed E-state index contributed by atoms with van der Waals surface area (Å²) in [6, 6.07) is 30.2. The van der Waals surface area contributed by atoms with Crippen molar-refractivity contribution in [3.05, 3.63) is 129 Å². The number of carbonyl (C=O) groups excluding carboxylic acids is 2. The Bertz CT molecular complexity index is 1360. The number of benzene rings is 3. The van der Waals surface area contributed by atoms with Crippen molar-refractivity contribution in [1.29, 1.82) is 0 Å². The van der Waals surface area contributed by atoms with Crippen LogP contribution in [0.1, 0.15) is 64.4 Å². The Kier molecular flexibility index (Phi) is 8.58. The Labute approximate surface area is 235 Å². The van der Waals surface area contributed by atoms with E-state index in [0.29, 0.717) is 13.1 Å². The number of thiophene rings is 1. The maximum atomic E-state index is 14.3. The maximum absolute atomic E-state index is 14.3. The molecule has 0 fully saturated rings. The fourth-order valence-electron chi connectivity index (χ4n) is 5.64. The molecule has 5 heteroatoms. The summed E-state index contributed by atoms with van der Waals surface area (Å²) in [6.07, 6.45) is 2.65. The van der Waals surface area contributed by atoms with Crippen molar-refractivity contribution in [3.8, 4) is 0 Å². The van der Waals surface area contributed by atoms with Crippen molar-refractivity contribution >= 4 is 23.2 Å². The summed E-state index contributed by atoms with van der Waals surface area (Å²) >= 11 is 1.77. The minimum atomic E-state index is -0.450. The van der Waals surface area contributed by atoms with Crippen LogP contribution in [-0.4, -0.2) is 41.2 Å². The zero-order chi connectivity index (χ0) is 27.2. The van der Waals surface area contributed by atoms with Gasteiger partial charge in [-0.15, -0.1) is 11.3 Å². The number of hydrogen-bond donors (Lipinski definition) is 0. The van der Waals surface area contributed by atoms with Gasteiger partial charge < -0.3 is 9.80 Å². The summed E-state index contributed by atoms with van der Waals surface area (Å²) < 4.78 is 0. The van der Waals surface area contributed by atoms with Gasteiger partial charge in [0.05, 0.1) is 18.5 Å². The molecular formula is C34H36N2O2S. The lowest BCUT2D eigenvalue weighted by molar-refractivity contribution is -0.142. The molecule has 5 rings (SSSR count). The van der Waals surface area contributed by atoms with E-state index in [1.54, 1.807) is 16.2 Å². The molecule has 3 aromatic carbocycles. The molecule has 4 nitrogen and oxygen atoms in total. The van der Waals surface area contributed by atoms with E-state index in [1.807, 2.05) is 77.7 Å². The van der Waals surface area contributed by atoms with E-state index >= 15 is 0 Å². The van der Waals surface area contributed by atoms with Crippen LogP contribution in [0.2, 0.25) is 0 Å². The number of fused-ring (bicyclic) bond motifs is 1. The second-order valence-corrected chi connectivity index (χ2v) is 11.3. The SMILES string of the molecule is CCCCN(CC(=O)N1CCc2sccc2C1c1ccccc1C)C(=O)C(c1ccccc1)c1ccccc1. The molecule has 0 saturated heterocycles. The van der Waals surface area contributed by atoms with Crippen molar-refractivity contribution < 1.29 is 9.59 Å². The van der Waals surface area contributed by atoms with Crippen LogP contribution in [0.5, 0.6) is 0 Å². The fraction of sp³-hybridized carbons (Fsp3) is 0.294. The van der Waals surface area contributed by atoms with Gasteiger partial charge >= 0.3 is 0 Å². The highest BCUT2D eigenvalue weighted by Gasteiger charge is 2.36. The Morgan fingerprint density at radius 1 is 0.897 bits per heavy atom. The molecule has 1 unspecified atom stereocenters. The average molecular weight is 537 g/mol. The van der Waals surface area contributed by atoms with Gasteiger partial charge in [-0.05, 0) is 59.0 Å². The van der Waals surface area contributed by atoms with Gasteiger partial charge in [-0.25, -0.2) is 0 Å². The van der Waals surface area contributed by atoms with Crippen molar-refractivity contribution in [3.63, 3.8) is 0 Å². The second-order valence-electron chi connectivity index (χ2n) is 10.3. The molecule has 0 aliphatic carbocycles. The lowest BCUT2D eigenvalue weighted by Gasteiger charge is -2.38. The lowest BCUT2D eigenvalue weighted by Crippen LogP contribution is -2.48. The van der Waals surface area contributed by atoms with Crippen LogP contribution in [0.15, 0.2) is 96.4 Å². The summed E-state index contributed by atoms with van der Waals surface area (Å²) in [5.41, 5.74) is 5.43.